The van der Waals surface area contributed by atoms with Gasteiger partial charge in [-0.2, -0.15) is 0 Å². The van der Waals surface area contributed by atoms with Crippen LogP contribution in [-0.4, -0.2) is 48.4 Å². The lowest BCUT2D eigenvalue weighted by Gasteiger charge is -2.36. The molecule has 132 valence electrons. The molecule has 4 atom stereocenters. The van der Waals surface area contributed by atoms with Gasteiger partial charge in [-0.05, 0) is 30.7 Å². The van der Waals surface area contributed by atoms with E-state index < -0.39 is 6.10 Å². The van der Waals surface area contributed by atoms with Crippen LogP contribution in [0.5, 0.6) is 0 Å². The van der Waals surface area contributed by atoms with Gasteiger partial charge in [0.15, 0.2) is 0 Å². The smallest absolute Gasteiger partial charge is 0.317 e. The monoisotopic (exact) mass is 332 g/mol. The van der Waals surface area contributed by atoms with Crippen LogP contribution in [0.2, 0.25) is 0 Å². The van der Waals surface area contributed by atoms with Crippen molar-refractivity contribution in [1.29, 1.82) is 0 Å². The molecule has 2 fully saturated rings. The van der Waals surface area contributed by atoms with Crippen molar-refractivity contribution < 1.29 is 14.6 Å². The van der Waals surface area contributed by atoms with E-state index in [1.165, 1.54) is 5.56 Å². The number of aliphatic hydroxyl groups excluding tert-OH is 1. The molecule has 0 aromatic heterocycles. The van der Waals surface area contributed by atoms with Crippen LogP contribution in [0.25, 0.3) is 0 Å². The predicted molar refractivity (Wildman–Crippen MR) is 92.6 cm³/mol. The summed E-state index contributed by atoms with van der Waals surface area (Å²) in [6.07, 6.45) is 2.57. The van der Waals surface area contributed by atoms with Crippen molar-refractivity contribution in [3.63, 3.8) is 0 Å². The summed E-state index contributed by atoms with van der Waals surface area (Å²) < 4.78 is 5.98. The van der Waals surface area contributed by atoms with Gasteiger partial charge in [0.1, 0.15) is 0 Å². The summed E-state index contributed by atoms with van der Waals surface area (Å²) in [5.41, 5.74) is 1.18. The minimum absolute atomic E-state index is 0.0484. The van der Waals surface area contributed by atoms with Gasteiger partial charge in [0.2, 0.25) is 0 Å². The quantitative estimate of drug-likeness (QED) is 0.894. The number of carbonyl (C=O) groups excluding carboxylic acids is 1. The molecule has 2 saturated heterocycles. The normalized spacial score (nSPS) is 30.8. The molecule has 0 bridgehead atoms. The third-order valence-corrected chi connectivity index (χ3v) is 5.29. The first-order valence-electron chi connectivity index (χ1n) is 9.02. The first-order valence-corrected chi connectivity index (χ1v) is 9.02. The third kappa shape index (κ3) is 4.08. The molecule has 5 nitrogen and oxygen atoms in total. The molecule has 2 N–H and O–H groups in total. The average Bonchev–Trinajstić information content (AvgIpc) is 2.63. The van der Waals surface area contributed by atoms with E-state index in [0.717, 1.165) is 25.9 Å². The van der Waals surface area contributed by atoms with Gasteiger partial charge in [-0.15, -0.1) is 0 Å². The highest BCUT2D eigenvalue weighted by Gasteiger charge is 2.30. The Morgan fingerprint density at radius 2 is 2.12 bits per heavy atom. The fourth-order valence-corrected chi connectivity index (χ4v) is 3.63. The van der Waals surface area contributed by atoms with Crippen LogP contribution in [0.1, 0.15) is 37.9 Å². The van der Waals surface area contributed by atoms with Gasteiger partial charge in [0.25, 0.3) is 0 Å². The van der Waals surface area contributed by atoms with Crippen LogP contribution in [-0.2, 0) is 4.74 Å². The van der Waals surface area contributed by atoms with Crippen molar-refractivity contribution >= 4 is 6.03 Å². The summed E-state index contributed by atoms with van der Waals surface area (Å²) in [4.78, 5) is 14.1. The number of benzene rings is 1. The molecule has 5 heteroatoms. The fraction of sp³-hybridized carbons (Fsp3) is 0.632. The van der Waals surface area contributed by atoms with E-state index >= 15 is 0 Å². The lowest BCUT2D eigenvalue weighted by molar-refractivity contribution is -0.0275. The predicted octanol–water partition coefficient (Wildman–Crippen LogP) is 2.57. The summed E-state index contributed by atoms with van der Waals surface area (Å²) in [6, 6.07) is 10.2. The highest BCUT2D eigenvalue weighted by molar-refractivity contribution is 5.74. The lowest BCUT2D eigenvalue weighted by Crippen LogP contribution is -2.50. The number of rotatable bonds is 3. The number of likely N-dealkylation sites (tertiary alicyclic amines) is 1. The molecule has 0 spiro atoms. The summed E-state index contributed by atoms with van der Waals surface area (Å²) >= 11 is 0. The Morgan fingerprint density at radius 1 is 1.33 bits per heavy atom. The SMILES string of the molecule is CC1CCN(C(=O)NCC2CCCOC2c2ccccc2)CC1O. The highest BCUT2D eigenvalue weighted by atomic mass is 16.5. The number of nitrogens with zero attached hydrogens (tertiary/aromatic N) is 1. The fourth-order valence-electron chi connectivity index (χ4n) is 3.63. The molecule has 0 radical (unpaired) electrons. The summed E-state index contributed by atoms with van der Waals surface area (Å²) in [7, 11) is 0. The Morgan fingerprint density at radius 3 is 2.88 bits per heavy atom. The largest absolute Gasteiger partial charge is 0.391 e. The van der Waals surface area contributed by atoms with Gasteiger partial charge in [0, 0.05) is 32.2 Å². The Bertz CT molecular complexity index is 537. The van der Waals surface area contributed by atoms with Crippen molar-refractivity contribution in [3.05, 3.63) is 35.9 Å². The summed E-state index contributed by atoms with van der Waals surface area (Å²) in [5, 5.41) is 13.0. The first-order chi connectivity index (χ1) is 11.6. The number of hydrogen-bond acceptors (Lipinski definition) is 3. The number of piperidine rings is 1. The number of aliphatic hydroxyl groups is 1. The zero-order valence-electron chi connectivity index (χ0n) is 14.4. The topological polar surface area (TPSA) is 61.8 Å². The Hall–Kier alpha value is -1.59. The van der Waals surface area contributed by atoms with Gasteiger partial charge in [-0.3, -0.25) is 0 Å². The maximum Gasteiger partial charge on any atom is 0.317 e. The van der Waals surface area contributed by atoms with E-state index in [2.05, 4.69) is 17.4 Å². The third-order valence-electron chi connectivity index (χ3n) is 5.29. The standard InChI is InChI=1S/C19H28N2O3/c1-14-9-10-21(13-17(14)22)19(23)20-12-16-8-5-11-24-18(16)15-6-3-2-4-7-15/h2-4,6-7,14,16-18,22H,5,8-13H2,1H3,(H,20,23). The van der Waals surface area contributed by atoms with Crippen LogP contribution in [0.3, 0.4) is 0 Å². The molecule has 2 aliphatic heterocycles. The number of amides is 2. The van der Waals surface area contributed by atoms with Crippen molar-refractivity contribution in [2.24, 2.45) is 11.8 Å². The molecule has 1 aromatic rings. The van der Waals surface area contributed by atoms with Gasteiger partial charge >= 0.3 is 6.03 Å². The zero-order valence-corrected chi connectivity index (χ0v) is 14.4. The molecule has 3 rings (SSSR count). The molecular formula is C19H28N2O3. The van der Waals surface area contributed by atoms with Crippen molar-refractivity contribution in [2.45, 2.75) is 38.4 Å². The molecule has 4 unspecified atom stereocenters. The van der Waals surface area contributed by atoms with Crippen LogP contribution in [0, 0.1) is 11.8 Å². The second kappa shape index (κ2) is 7.99. The number of urea groups is 1. The molecule has 2 amide bonds. The molecule has 1 aromatic carbocycles. The van der Waals surface area contributed by atoms with E-state index in [1.807, 2.05) is 25.1 Å². The maximum atomic E-state index is 12.4. The minimum Gasteiger partial charge on any atom is -0.391 e. The van der Waals surface area contributed by atoms with Crippen LogP contribution in [0.4, 0.5) is 4.79 Å². The molecule has 0 aliphatic carbocycles. The second-order valence-electron chi connectivity index (χ2n) is 7.07. The maximum absolute atomic E-state index is 12.4. The number of nitrogens with one attached hydrogen (secondary N) is 1. The first kappa shape index (κ1) is 17.2. The van der Waals surface area contributed by atoms with E-state index in [4.69, 9.17) is 4.74 Å². The van der Waals surface area contributed by atoms with E-state index in [9.17, 15) is 9.90 Å². The zero-order chi connectivity index (χ0) is 16.9. The van der Waals surface area contributed by atoms with E-state index in [0.29, 0.717) is 25.6 Å². The Kier molecular flexibility index (Phi) is 5.74. The molecular weight excluding hydrogens is 304 g/mol. The summed E-state index contributed by atoms with van der Waals surface area (Å²) in [6.45, 7) is 4.56. The van der Waals surface area contributed by atoms with Crippen molar-refractivity contribution in [1.82, 2.24) is 10.2 Å². The molecule has 0 saturated carbocycles. The minimum atomic E-state index is -0.417. The second-order valence-corrected chi connectivity index (χ2v) is 7.07. The molecule has 2 aliphatic rings. The van der Waals surface area contributed by atoms with E-state index in [1.54, 1.807) is 4.90 Å². The van der Waals surface area contributed by atoms with Crippen molar-refractivity contribution in [3.8, 4) is 0 Å². The number of carbonyl (C=O) groups is 1. The lowest BCUT2D eigenvalue weighted by atomic mass is 9.89. The molecule has 2 heterocycles. The molecule has 24 heavy (non-hydrogen) atoms. The number of β-amino-alcohol motifs (C(OH)–C–C–N with tert-alkyl or cyclic N) is 1. The van der Waals surface area contributed by atoms with Gasteiger partial charge in [0.05, 0.1) is 12.2 Å². The van der Waals surface area contributed by atoms with E-state index in [-0.39, 0.29) is 18.1 Å². The van der Waals surface area contributed by atoms with Crippen LogP contribution >= 0.6 is 0 Å². The van der Waals surface area contributed by atoms with Crippen molar-refractivity contribution in [2.75, 3.05) is 26.2 Å². The summed E-state index contributed by atoms with van der Waals surface area (Å²) in [5.74, 6) is 0.557. The Balaban J connectivity index is 1.55. The van der Waals surface area contributed by atoms with Crippen LogP contribution in [0.15, 0.2) is 30.3 Å². The number of ether oxygens (including phenoxy) is 1. The van der Waals surface area contributed by atoms with Gasteiger partial charge in [-0.1, -0.05) is 37.3 Å². The number of hydrogen-bond donors (Lipinski definition) is 2. The Labute approximate surface area is 144 Å². The van der Waals surface area contributed by atoms with Crippen LogP contribution < -0.4 is 5.32 Å². The average molecular weight is 332 g/mol. The highest BCUT2D eigenvalue weighted by Crippen LogP contribution is 2.33. The van der Waals surface area contributed by atoms with Gasteiger partial charge in [-0.25, -0.2) is 4.79 Å². The van der Waals surface area contributed by atoms with Gasteiger partial charge < -0.3 is 20.1 Å².